The number of nitrogens with zero attached hydrogens (tertiary/aromatic N) is 1. The molecule has 2 aromatic carbocycles. The third kappa shape index (κ3) is 4.84. The number of carbonyl (C=O) groups is 2. The fourth-order valence-electron chi connectivity index (χ4n) is 3.19. The van der Waals surface area contributed by atoms with Crippen LogP contribution in [-0.2, 0) is 4.79 Å². The first kappa shape index (κ1) is 18.9. The minimum atomic E-state index is -0.283. The molecule has 1 aliphatic heterocycles. The van der Waals surface area contributed by atoms with Crippen molar-refractivity contribution in [1.82, 2.24) is 10.2 Å². The molecular formula is C21H24FN3O2. The summed E-state index contributed by atoms with van der Waals surface area (Å²) in [5.74, 6) is -0.245. The molecule has 0 bridgehead atoms. The van der Waals surface area contributed by atoms with Crippen molar-refractivity contribution in [2.45, 2.75) is 38.8 Å². The van der Waals surface area contributed by atoms with Crippen LogP contribution in [0.3, 0.4) is 0 Å². The van der Waals surface area contributed by atoms with Gasteiger partial charge in [-0.3, -0.25) is 4.79 Å². The average Bonchev–Trinajstić information content (AvgIpc) is 3.05. The quantitative estimate of drug-likeness (QED) is 0.836. The van der Waals surface area contributed by atoms with Gasteiger partial charge in [-0.2, -0.15) is 0 Å². The van der Waals surface area contributed by atoms with Crippen LogP contribution in [0, 0.1) is 5.82 Å². The molecule has 0 spiro atoms. The molecule has 0 radical (unpaired) electrons. The predicted octanol–water partition coefficient (Wildman–Crippen LogP) is 4.01. The van der Waals surface area contributed by atoms with Crippen molar-refractivity contribution < 1.29 is 14.0 Å². The molecule has 1 unspecified atom stereocenters. The van der Waals surface area contributed by atoms with Crippen LogP contribution in [0.1, 0.15) is 26.7 Å². The molecule has 1 atom stereocenters. The highest BCUT2D eigenvalue weighted by Gasteiger charge is 2.26. The van der Waals surface area contributed by atoms with Gasteiger partial charge in [0.15, 0.2) is 0 Å². The molecule has 27 heavy (non-hydrogen) atoms. The summed E-state index contributed by atoms with van der Waals surface area (Å²) in [5, 5.41) is 5.83. The molecule has 142 valence electrons. The van der Waals surface area contributed by atoms with E-state index in [1.165, 1.54) is 12.1 Å². The lowest BCUT2D eigenvalue weighted by atomic mass is 10.1. The Morgan fingerprint density at radius 3 is 2.59 bits per heavy atom. The van der Waals surface area contributed by atoms with Crippen molar-refractivity contribution >= 4 is 17.6 Å². The van der Waals surface area contributed by atoms with Crippen molar-refractivity contribution in [2.75, 3.05) is 11.9 Å². The summed E-state index contributed by atoms with van der Waals surface area (Å²) in [6.45, 7) is 4.38. The molecule has 1 aliphatic rings. The lowest BCUT2D eigenvalue weighted by Crippen LogP contribution is -2.47. The maximum atomic E-state index is 13.1. The van der Waals surface area contributed by atoms with Crippen molar-refractivity contribution in [3.05, 3.63) is 54.3 Å². The van der Waals surface area contributed by atoms with E-state index in [4.69, 9.17) is 0 Å². The molecular weight excluding hydrogens is 345 g/mol. The maximum Gasteiger partial charge on any atom is 0.322 e. The van der Waals surface area contributed by atoms with Gasteiger partial charge < -0.3 is 15.5 Å². The zero-order valence-electron chi connectivity index (χ0n) is 15.5. The summed E-state index contributed by atoms with van der Waals surface area (Å²) in [5.41, 5.74) is 2.44. The highest BCUT2D eigenvalue weighted by Crippen LogP contribution is 2.23. The van der Waals surface area contributed by atoms with Gasteiger partial charge in [-0.15, -0.1) is 0 Å². The van der Waals surface area contributed by atoms with Crippen LogP contribution in [0.5, 0.6) is 0 Å². The second kappa shape index (κ2) is 8.20. The monoisotopic (exact) mass is 369 g/mol. The second-order valence-corrected chi connectivity index (χ2v) is 7.07. The van der Waals surface area contributed by atoms with E-state index in [-0.39, 0.29) is 29.8 Å². The van der Waals surface area contributed by atoms with E-state index >= 15 is 0 Å². The number of halogens is 1. The predicted molar refractivity (Wildman–Crippen MR) is 104 cm³/mol. The largest absolute Gasteiger partial charge is 0.352 e. The Morgan fingerprint density at radius 1 is 1.22 bits per heavy atom. The van der Waals surface area contributed by atoms with Crippen molar-refractivity contribution in [1.29, 1.82) is 0 Å². The summed E-state index contributed by atoms with van der Waals surface area (Å²) in [6, 6.07) is 13.5. The average molecular weight is 369 g/mol. The van der Waals surface area contributed by atoms with Gasteiger partial charge in [-0.25, -0.2) is 9.18 Å². The lowest BCUT2D eigenvalue weighted by molar-refractivity contribution is -0.119. The van der Waals surface area contributed by atoms with Crippen molar-refractivity contribution in [3.63, 3.8) is 0 Å². The first-order valence-corrected chi connectivity index (χ1v) is 9.15. The maximum absolute atomic E-state index is 13.1. The first-order valence-electron chi connectivity index (χ1n) is 9.15. The molecule has 3 rings (SSSR count). The summed E-state index contributed by atoms with van der Waals surface area (Å²) in [7, 11) is 0. The molecule has 0 saturated carbocycles. The number of nitrogens with one attached hydrogen (secondary N) is 2. The number of hydrogen-bond acceptors (Lipinski definition) is 2. The van der Waals surface area contributed by atoms with Crippen molar-refractivity contribution in [3.8, 4) is 11.1 Å². The molecule has 5 nitrogen and oxygen atoms in total. The van der Waals surface area contributed by atoms with Crippen LogP contribution in [0.25, 0.3) is 11.1 Å². The fourth-order valence-corrected chi connectivity index (χ4v) is 3.19. The third-order valence-corrected chi connectivity index (χ3v) is 4.68. The third-order valence-electron chi connectivity index (χ3n) is 4.68. The Balaban J connectivity index is 1.71. The SMILES string of the molecule is CC(C)N(CC1CCC(=O)N1)C(=O)Nc1cccc(-c2ccc(F)cc2)c1. The van der Waals surface area contributed by atoms with Gasteiger partial charge in [0.25, 0.3) is 0 Å². The summed E-state index contributed by atoms with van der Waals surface area (Å²) in [6.07, 6.45) is 1.26. The van der Waals surface area contributed by atoms with Crippen LogP contribution < -0.4 is 10.6 Å². The standard InChI is InChI=1S/C21H24FN3O2/c1-14(2)25(13-19-10-11-20(26)23-19)21(27)24-18-5-3-4-16(12-18)15-6-8-17(22)9-7-15/h3-9,12,14,19H,10-11,13H2,1-2H3,(H,23,26)(H,24,27). The molecule has 1 saturated heterocycles. The molecule has 0 aromatic heterocycles. The van der Waals surface area contributed by atoms with E-state index < -0.39 is 0 Å². The molecule has 6 heteroatoms. The van der Waals surface area contributed by atoms with E-state index in [0.29, 0.717) is 18.7 Å². The van der Waals surface area contributed by atoms with Gasteiger partial charge in [-0.05, 0) is 55.7 Å². The van der Waals surface area contributed by atoms with Crippen LogP contribution in [0.2, 0.25) is 0 Å². The number of rotatable bonds is 5. The van der Waals surface area contributed by atoms with Gasteiger partial charge in [0.2, 0.25) is 5.91 Å². The second-order valence-electron chi connectivity index (χ2n) is 7.07. The number of anilines is 1. The van der Waals surface area contributed by atoms with E-state index in [2.05, 4.69) is 10.6 Å². The zero-order chi connectivity index (χ0) is 19.4. The van der Waals surface area contributed by atoms with Crippen LogP contribution >= 0.6 is 0 Å². The topological polar surface area (TPSA) is 61.4 Å². The van der Waals surface area contributed by atoms with Gasteiger partial charge in [0.05, 0.1) is 0 Å². The molecule has 2 N–H and O–H groups in total. The molecule has 0 aliphatic carbocycles. The smallest absolute Gasteiger partial charge is 0.322 e. The van der Waals surface area contributed by atoms with E-state index in [9.17, 15) is 14.0 Å². The Morgan fingerprint density at radius 2 is 1.96 bits per heavy atom. The van der Waals surface area contributed by atoms with E-state index in [1.54, 1.807) is 17.0 Å². The fraction of sp³-hybridized carbons (Fsp3) is 0.333. The molecule has 1 fully saturated rings. The number of amides is 3. The van der Waals surface area contributed by atoms with E-state index in [1.807, 2.05) is 38.1 Å². The van der Waals surface area contributed by atoms with Crippen LogP contribution in [0.15, 0.2) is 48.5 Å². The summed E-state index contributed by atoms with van der Waals surface area (Å²) < 4.78 is 13.1. The molecule has 2 aromatic rings. The van der Waals surface area contributed by atoms with E-state index in [0.717, 1.165) is 17.5 Å². The molecule has 3 amide bonds. The van der Waals surface area contributed by atoms with Crippen LogP contribution in [0.4, 0.5) is 14.9 Å². The number of hydrogen-bond donors (Lipinski definition) is 2. The van der Waals surface area contributed by atoms with Crippen LogP contribution in [-0.4, -0.2) is 35.5 Å². The van der Waals surface area contributed by atoms with Crippen molar-refractivity contribution in [2.24, 2.45) is 0 Å². The Kier molecular flexibility index (Phi) is 5.74. The van der Waals surface area contributed by atoms with Gasteiger partial charge in [0.1, 0.15) is 5.82 Å². The highest BCUT2D eigenvalue weighted by molar-refractivity contribution is 5.90. The minimum absolute atomic E-state index is 0.00258. The zero-order valence-corrected chi connectivity index (χ0v) is 15.5. The van der Waals surface area contributed by atoms with Gasteiger partial charge in [-0.1, -0.05) is 24.3 Å². The lowest BCUT2D eigenvalue weighted by Gasteiger charge is -2.29. The normalized spacial score (nSPS) is 16.3. The summed E-state index contributed by atoms with van der Waals surface area (Å²) in [4.78, 5) is 25.9. The summed E-state index contributed by atoms with van der Waals surface area (Å²) >= 11 is 0. The number of benzene rings is 2. The highest BCUT2D eigenvalue weighted by atomic mass is 19.1. The Bertz CT molecular complexity index is 820. The molecule has 1 heterocycles. The number of carbonyl (C=O) groups excluding carboxylic acids is 2. The van der Waals surface area contributed by atoms with Gasteiger partial charge >= 0.3 is 6.03 Å². The minimum Gasteiger partial charge on any atom is -0.352 e. The van der Waals surface area contributed by atoms with Gasteiger partial charge in [0, 0.05) is 30.7 Å². The Hall–Kier alpha value is -2.89. The number of urea groups is 1. The Labute approximate surface area is 158 Å². The first-order chi connectivity index (χ1) is 12.9.